The minimum Gasteiger partial charge on any atom is -0.495 e. The zero-order valence-corrected chi connectivity index (χ0v) is 16.1. The fourth-order valence-corrected chi connectivity index (χ4v) is 3.85. The van der Waals surface area contributed by atoms with E-state index in [9.17, 15) is 9.59 Å². The van der Waals surface area contributed by atoms with E-state index in [0.29, 0.717) is 30.1 Å². The van der Waals surface area contributed by atoms with Crippen molar-refractivity contribution in [1.82, 2.24) is 0 Å². The van der Waals surface area contributed by atoms with Crippen LogP contribution < -0.4 is 14.6 Å². The van der Waals surface area contributed by atoms with E-state index in [1.807, 2.05) is 42.5 Å². The second kappa shape index (κ2) is 7.46. The Morgan fingerprint density at radius 3 is 2.61 bits per heavy atom. The molecule has 144 valence electrons. The van der Waals surface area contributed by atoms with E-state index in [-0.39, 0.29) is 18.2 Å². The molecule has 0 saturated heterocycles. The molecule has 2 aromatic rings. The molecule has 0 aliphatic carbocycles. The first-order valence-corrected chi connectivity index (χ1v) is 9.54. The lowest BCUT2D eigenvalue weighted by atomic mass is 9.95. The first-order chi connectivity index (χ1) is 13.6. The monoisotopic (exact) mass is 377 g/mol. The van der Waals surface area contributed by atoms with Crippen LogP contribution in [0.5, 0.6) is 5.75 Å². The van der Waals surface area contributed by atoms with Crippen LogP contribution in [0.25, 0.3) is 0 Å². The topological polar surface area (TPSA) is 62.2 Å². The van der Waals surface area contributed by atoms with Crippen LogP contribution in [0.3, 0.4) is 0 Å². The molecule has 4 rings (SSSR count). The Labute approximate surface area is 164 Å². The Hall–Kier alpha value is -3.15. The van der Waals surface area contributed by atoms with Gasteiger partial charge in [0, 0.05) is 19.4 Å². The maximum atomic E-state index is 13.4. The molecule has 0 radical (unpaired) electrons. The summed E-state index contributed by atoms with van der Waals surface area (Å²) in [6.07, 6.45) is 2.43. The Morgan fingerprint density at radius 2 is 1.86 bits per heavy atom. The van der Waals surface area contributed by atoms with Crippen LogP contribution in [-0.2, 0) is 16.0 Å². The van der Waals surface area contributed by atoms with Crippen molar-refractivity contribution in [3.05, 3.63) is 53.6 Å². The number of aryl methyl sites for hydroxylation is 1. The zero-order chi connectivity index (χ0) is 19.7. The van der Waals surface area contributed by atoms with Gasteiger partial charge < -0.3 is 9.64 Å². The summed E-state index contributed by atoms with van der Waals surface area (Å²) in [6.45, 7) is 2.67. The first-order valence-electron chi connectivity index (χ1n) is 9.54. The maximum Gasteiger partial charge on any atom is 0.274 e. The number of benzene rings is 2. The van der Waals surface area contributed by atoms with Gasteiger partial charge in [-0.1, -0.05) is 24.3 Å². The summed E-state index contributed by atoms with van der Waals surface area (Å²) in [7, 11) is 1.62. The number of para-hydroxylation sites is 1. The molecule has 0 spiro atoms. The van der Waals surface area contributed by atoms with E-state index in [1.165, 1.54) is 5.01 Å². The van der Waals surface area contributed by atoms with Crippen molar-refractivity contribution in [3.8, 4) is 5.75 Å². The minimum absolute atomic E-state index is 0.102. The van der Waals surface area contributed by atoms with Crippen LogP contribution >= 0.6 is 0 Å². The van der Waals surface area contributed by atoms with Crippen molar-refractivity contribution >= 4 is 28.9 Å². The molecule has 0 unspecified atom stereocenters. The van der Waals surface area contributed by atoms with Crippen molar-refractivity contribution in [1.29, 1.82) is 0 Å². The van der Waals surface area contributed by atoms with Gasteiger partial charge in [0.1, 0.15) is 11.5 Å². The highest BCUT2D eigenvalue weighted by Gasteiger charge is 2.33. The molecule has 2 aliphatic heterocycles. The number of hydrazone groups is 1. The van der Waals surface area contributed by atoms with Gasteiger partial charge in [0.2, 0.25) is 5.91 Å². The number of nitrogens with zero attached hydrogens (tertiary/aromatic N) is 3. The number of methoxy groups -OCH3 is 1. The van der Waals surface area contributed by atoms with Crippen molar-refractivity contribution in [2.24, 2.45) is 5.10 Å². The smallest absolute Gasteiger partial charge is 0.274 e. The molecule has 0 bridgehead atoms. The molecule has 0 N–H and O–H groups in total. The lowest BCUT2D eigenvalue weighted by Crippen LogP contribution is -2.44. The van der Waals surface area contributed by atoms with E-state index < -0.39 is 0 Å². The van der Waals surface area contributed by atoms with Crippen LogP contribution in [0.2, 0.25) is 0 Å². The van der Waals surface area contributed by atoms with Gasteiger partial charge >= 0.3 is 0 Å². The van der Waals surface area contributed by atoms with Crippen molar-refractivity contribution in [2.45, 2.75) is 32.6 Å². The number of hydrogen-bond acceptors (Lipinski definition) is 4. The second-order valence-electron chi connectivity index (χ2n) is 7.06. The summed E-state index contributed by atoms with van der Waals surface area (Å²) in [5.74, 6) is 0.439. The number of rotatable bonds is 3. The number of hydrogen-bond donors (Lipinski definition) is 0. The summed E-state index contributed by atoms with van der Waals surface area (Å²) in [4.78, 5) is 27.5. The molecule has 0 atom stereocenters. The molecular weight excluding hydrogens is 354 g/mol. The number of anilines is 2. The third-order valence-corrected chi connectivity index (χ3v) is 5.30. The van der Waals surface area contributed by atoms with Gasteiger partial charge in [-0.25, -0.2) is 5.01 Å². The largest absolute Gasteiger partial charge is 0.495 e. The van der Waals surface area contributed by atoms with E-state index in [4.69, 9.17) is 4.74 Å². The lowest BCUT2D eigenvalue weighted by Gasteiger charge is -2.33. The summed E-state index contributed by atoms with van der Waals surface area (Å²) < 4.78 is 5.54. The Morgan fingerprint density at radius 1 is 1.07 bits per heavy atom. The summed E-state index contributed by atoms with van der Waals surface area (Å²) in [5, 5.41) is 5.77. The summed E-state index contributed by atoms with van der Waals surface area (Å²) in [5.41, 5.74) is 4.21. The molecule has 2 heterocycles. The lowest BCUT2D eigenvalue weighted by molar-refractivity contribution is -0.118. The standard InChI is InChI=1S/C22H23N3O3/c1-15-10-12-19(28-2)21-17(15)9-6-14-24(21)22(27)18-11-13-20(26)25(23-18)16-7-4-3-5-8-16/h3-5,7-8,10,12H,6,9,11,13-14H2,1-2H3. The molecule has 2 amide bonds. The Balaban J connectivity index is 1.71. The first kappa shape index (κ1) is 18.2. The zero-order valence-electron chi connectivity index (χ0n) is 16.1. The van der Waals surface area contributed by atoms with Gasteiger partial charge in [-0.2, -0.15) is 5.10 Å². The number of ether oxygens (including phenoxy) is 1. The second-order valence-corrected chi connectivity index (χ2v) is 7.06. The molecule has 2 aromatic carbocycles. The highest BCUT2D eigenvalue weighted by atomic mass is 16.5. The average Bonchev–Trinajstić information content (AvgIpc) is 2.74. The van der Waals surface area contributed by atoms with Crippen LogP contribution in [-0.4, -0.2) is 31.2 Å². The minimum atomic E-state index is -0.154. The Bertz CT molecular complexity index is 953. The molecular formula is C22H23N3O3. The van der Waals surface area contributed by atoms with Crippen molar-refractivity contribution in [2.75, 3.05) is 23.6 Å². The van der Waals surface area contributed by atoms with Gasteiger partial charge in [-0.3, -0.25) is 9.59 Å². The van der Waals surface area contributed by atoms with E-state index in [2.05, 4.69) is 12.0 Å². The molecule has 0 aromatic heterocycles. The third-order valence-electron chi connectivity index (χ3n) is 5.30. The van der Waals surface area contributed by atoms with Crippen LogP contribution in [0.4, 0.5) is 11.4 Å². The molecule has 6 heteroatoms. The fourth-order valence-electron chi connectivity index (χ4n) is 3.85. The van der Waals surface area contributed by atoms with Gasteiger partial charge in [-0.15, -0.1) is 0 Å². The van der Waals surface area contributed by atoms with Gasteiger partial charge in [-0.05, 0) is 49.1 Å². The SMILES string of the molecule is COc1ccc(C)c2c1N(C(=O)C1=NN(c3ccccc3)C(=O)CC1)CCC2. The normalized spacial score (nSPS) is 16.5. The third kappa shape index (κ3) is 3.15. The Kier molecular flexibility index (Phi) is 4.86. The van der Waals surface area contributed by atoms with Crippen LogP contribution in [0.15, 0.2) is 47.6 Å². The van der Waals surface area contributed by atoms with Crippen LogP contribution in [0, 0.1) is 6.92 Å². The predicted octanol–water partition coefficient (Wildman–Crippen LogP) is 3.47. The number of fused-ring (bicyclic) bond motifs is 1. The van der Waals surface area contributed by atoms with Crippen molar-refractivity contribution in [3.63, 3.8) is 0 Å². The quantitative estimate of drug-likeness (QED) is 0.823. The molecule has 2 aliphatic rings. The predicted molar refractivity (Wildman–Crippen MR) is 109 cm³/mol. The molecule has 0 saturated carbocycles. The number of carbonyl (C=O) groups is 2. The fraction of sp³-hybridized carbons (Fsp3) is 0.318. The summed E-state index contributed by atoms with van der Waals surface area (Å²) >= 11 is 0. The summed E-state index contributed by atoms with van der Waals surface area (Å²) in [6, 6.07) is 13.1. The number of carbonyl (C=O) groups excluding carboxylic acids is 2. The van der Waals surface area contributed by atoms with E-state index in [0.717, 1.165) is 29.7 Å². The highest BCUT2D eigenvalue weighted by molar-refractivity contribution is 6.45. The molecule has 6 nitrogen and oxygen atoms in total. The number of amides is 2. The highest BCUT2D eigenvalue weighted by Crippen LogP contribution is 2.38. The van der Waals surface area contributed by atoms with E-state index in [1.54, 1.807) is 12.0 Å². The van der Waals surface area contributed by atoms with Crippen LogP contribution in [0.1, 0.15) is 30.4 Å². The van der Waals surface area contributed by atoms with Gasteiger partial charge in [0.05, 0.1) is 18.5 Å². The van der Waals surface area contributed by atoms with Gasteiger partial charge in [0.25, 0.3) is 5.91 Å². The van der Waals surface area contributed by atoms with Gasteiger partial charge in [0.15, 0.2) is 0 Å². The van der Waals surface area contributed by atoms with Crippen molar-refractivity contribution < 1.29 is 14.3 Å². The molecule has 0 fully saturated rings. The molecule has 28 heavy (non-hydrogen) atoms. The maximum absolute atomic E-state index is 13.4. The average molecular weight is 377 g/mol. The van der Waals surface area contributed by atoms with E-state index >= 15 is 0 Å².